The monoisotopic (exact) mass is 550 g/mol. The van der Waals surface area contributed by atoms with Crippen molar-refractivity contribution in [1.29, 1.82) is 0 Å². The zero-order valence-electron chi connectivity index (χ0n) is 21.7. The van der Waals surface area contributed by atoms with E-state index < -0.39 is 23.4 Å². The molecule has 0 bridgehead atoms. The van der Waals surface area contributed by atoms with Crippen molar-refractivity contribution in [3.8, 4) is 5.88 Å². The molecule has 0 spiro atoms. The van der Waals surface area contributed by atoms with Crippen LogP contribution in [-0.2, 0) is 20.9 Å². The minimum Gasteiger partial charge on any atom is -0.473 e. The number of nitrogens with two attached hydrogens (primary N) is 1. The molecule has 2 aromatic heterocycles. The van der Waals surface area contributed by atoms with Crippen molar-refractivity contribution >= 4 is 41.6 Å². The number of nitrogens with zero attached hydrogens (tertiary/aromatic N) is 5. The van der Waals surface area contributed by atoms with Gasteiger partial charge >= 0.3 is 5.97 Å². The van der Waals surface area contributed by atoms with Gasteiger partial charge in [-0.1, -0.05) is 43.8 Å². The van der Waals surface area contributed by atoms with Crippen LogP contribution in [0.1, 0.15) is 36.3 Å². The molecule has 0 amide bonds. The van der Waals surface area contributed by atoms with Gasteiger partial charge in [0.1, 0.15) is 23.8 Å². The smallest absolute Gasteiger partial charge is 0.308 e. The quantitative estimate of drug-likeness (QED) is 0.211. The van der Waals surface area contributed by atoms with Crippen molar-refractivity contribution < 1.29 is 19.0 Å². The van der Waals surface area contributed by atoms with Crippen molar-refractivity contribution in [2.24, 2.45) is 11.1 Å². The second-order valence-corrected chi connectivity index (χ2v) is 9.69. The minimum absolute atomic E-state index is 0.0859. The van der Waals surface area contributed by atoms with Gasteiger partial charge in [-0.05, 0) is 28.8 Å². The number of carbonyl (C=O) groups is 1. The lowest BCUT2D eigenvalue weighted by atomic mass is 9.99. The molecule has 1 aliphatic rings. The van der Waals surface area contributed by atoms with Gasteiger partial charge in [0.05, 0.1) is 26.1 Å². The number of benzene rings is 1. The third kappa shape index (κ3) is 6.89. The molecular weight excluding hydrogens is 520 g/mol. The molecule has 0 radical (unpaired) electrons. The number of hydrogen-bond acceptors (Lipinski definition) is 12. The van der Waals surface area contributed by atoms with E-state index in [-0.39, 0.29) is 29.6 Å². The van der Waals surface area contributed by atoms with Gasteiger partial charge in [-0.3, -0.25) is 4.79 Å². The summed E-state index contributed by atoms with van der Waals surface area (Å²) in [5, 5.41) is 3.01. The van der Waals surface area contributed by atoms with E-state index in [9.17, 15) is 9.70 Å². The van der Waals surface area contributed by atoms with Crippen LogP contribution in [0, 0.1) is 10.8 Å². The Balaban J connectivity index is 1.51. The summed E-state index contributed by atoms with van der Waals surface area (Å²) in [6.45, 7) is 6.85. The average molecular weight is 551 g/mol. The molecule has 11 nitrogen and oxygen atoms in total. The standard InChI is InChI=1S/C27H30N6O5S/c1-16(11-17(2)26(34)36-3)23-24(32-35)25(28)31-27(30-23)33-13-20(38-22(39)14-33)19-9-10-21(29-12-19)37-15-18-7-5-4-6-8-18/h4-10,12,17,20,22,39H,1,11,13-15H2,2-3H3,(H2,28,30,31). The van der Waals surface area contributed by atoms with Crippen molar-refractivity contribution in [3.63, 3.8) is 0 Å². The number of rotatable bonds is 10. The van der Waals surface area contributed by atoms with Gasteiger partial charge in [0, 0.05) is 17.8 Å². The molecule has 4 rings (SSSR count). The lowest BCUT2D eigenvalue weighted by Gasteiger charge is -2.36. The number of hydrogen-bond donors (Lipinski definition) is 2. The summed E-state index contributed by atoms with van der Waals surface area (Å²) in [5.74, 6) is -0.224. The Morgan fingerprint density at radius 3 is 2.69 bits per heavy atom. The molecule has 1 aliphatic heterocycles. The fourth-order valence-corrected chi connectivity index (χ4v) is 4.52. The maximum atomic E-state index is 11.9. The highest BCUT2D eigenvalue weighted by Gasteiger charge is 2.30. The van der Waals surface area contributed by atoms with Crippen molar-refractivity contribution in [1.82, 2.24) is 15.0 Å². The van der Waals surface area contributed by atoms with Crippen LogP contribution < -0.4 is 15.4 Å². The molecule has 12 heteroatoms. The topological polar surface area (TPSA) is 142 Å². The number of ether oxygens (including phenoxy) is 3. The van der Waals surface area contributed by atoms with E-state index in [1.165, 1.54) is 7.11 Å². The Morgan fingerprint density at radius 1 is 1.26 bits per heavy atom. The van der Waals surface area contributed by atoms with Gasteiger partial charge in [-0.25, -0.2) is 9.97 Å². The van der Waals surface area contributed by atoms with E-state index in [0.717, 1.165) is 11.1 Å². The number of nitroso groups, excluding NO2 is 1. The molecule has 0 saturated carbocycles. The van der Waals surface area contributed by atoms with Gasteiger partial charge in [0.25, 0.3) is 0 Å². The Hall–Kier alpha value is -4.03. The number of thiol groups is 1. The van der Waals surface area contributed by atoms with Crippen LogP contribution in [0.15, 0.2) is 60.4 Å². The number of methoxy groups -OCH3 is 1. The van der Waals surface area contributed by atoms with E-state index in [1.807, 2.05) is 41.3 Å². The molecule has 1 fully saturated rings. The average Bonchev–Trinajstić information content (AvgIpc) is 2.95. The van der Waals surface area contributed by atoms with E-state index in [2.05, 4.69) is 39.3 Å². The number of allylic oxidation sites excluding steroid dienone is 1. The Labute approximate surface area is 231 Å². The molecule has 204 valence electrons. The predicted octanol–water partition coefficient (Wildman–Crippen LogP) is 4.48. The van der Waals surface area contributed by atoms with Gasteiger partial charge in [-0.15, -0.1) is 17.5 Å². The minimum atomic E-state index is -0.497. The Kier molecular flexibility index (Phi) is 9.10. The predicted molar refractivity (Wildman–Crippen MR) is 151 cm³/mol. The highest BCUT2D eigenvalue weighted by Crippen LogP contribution is 2.35. The highest BCUT2D eigenvalue weighted by molar-refractivity contribution is 7.80. The van der Waals surface area contributed by atoms with Crippen molar-refractivity contribution in [3.05, 3.63) is 77.0 Å². The fourth-order valence-electron chi connectivity index (χ4n) is 4.17. The first kappa shape index (κ1) is 28.0. The molecule has 1 saturated heterocycles. The highest BCUT2D eigenvalue weighted by atomic mass is 32.1. The SMILES string of the molecule is C=C(CC(C)C(=O)OC)c1nc(N2CC(S)OC(c3ccc(OCc4ccccc4)nc3)C2)nc(N)c1N=O. The van der Waals surface area contributed by atoms with Crippen LogP contribution in [-0.4, -0.2) is 46.6 Å². The number of nitrogen functional groups attached to an aromatic ring is 1. The van der Waals surface area contributed by atoms with E-state index in [1.54, 1.807) is 19.2 Å². The molecule has 2 N–H and O–H groups in total. The number of esters is 1. The largest absolute Gasteiger partial charge is 0.473 e. The maximum absolute atomic E-state index is 11.9. The summed E-state index contributed by atoms with van der Waals surface area (Å²) < 4.78 is 16.6. The fraction of sp³-hybridized carbons (Fsp3) is 0.333. The summed E-state index contributed by atoms with van der Waals surface area (Å²) in [4.78, 5) is 38.6. The van der Waals surface area contributed by atoms with Crippen LogP contribution >= 0.6 is 12.6 Å². The number of morpholine rings is 1. The maximum Gasteiger partial charge on any atom is 0.308 e. The second-order valence-electron chi connectivity index (χ2n) is 9.12. The van der Waals surface area contributed by atoms with Crippen LogP contribution in [0.2, 0.25) is 0 Å². The van der Waals surface area contributed by atoms with Crippen LogP contribution in [0.25, 0.3) is 5.57 Å². The van der Waals surface area contributed by atoms with Crippen molar-refractivity contribution in [2.75, 3.05) is 30.8 Å². The van der Waals surface area contributed by atoms with Crippen LogP contribution in [0.5, 0.6) is 5.88 Å². The van der Waals surface area contributed by atoms with Crippen LogP contribution in [0.3, 0.4) is 0 Å². The number of carbonyl (C=O) groups excluding carboxylic acids is 1. The zero-order chi connectivity index (χ0) is 27.9. The molecule has 39 heavy (non-hydrogen) atoms. The number of aromatic nitrogens is 3. The Morgan fingerprint density at radius 2 is 2.03 bits per heavy atom. The van der Waals surface area contributed by atoms with Gasteiger partial charge in [-0.2, -0.15) is 4.98 Å². The summed E-state index contributed by atoms with van der Waals surface area (Å²) in [6.07, 6.45) is 1.51. The van der Waals surface area contributed by atoms with Crippen molar-refractivity contribution in [2.45, 2.75) is 31.5 Å². The third-order valence-corrected chi connectivity index (χ3v) is 6.49. The summed E-state index contributed by atoms with van der Waals surface area (Å²) in [5.41, 5.74) is 7.97. The first-order chi connectivity index (χ1) is 18.8. The third-order valence-electron chi connectivity index (χ3n) is 6.21. The first-order valence-electron chi connectivity index (χ1n) is 12.3. The molecule has 3 heterocycles. The lowest BCUT2D eigenvalue weighted by Crippen LogP contribution is -2.43. The number of pyridine rings is 1. The summed E-state index contributed by atoms with van der Waals surface area (Å²) in [7, 11) is 1.31. The van der Waals surface area contributed by atoms with Gasteiger partial charge < -0.3 is 24.8 Å². The van der Waals surface area contributed by atoms with E-state index in [0.29, 0.717) is 31.1 Å². The second kappa shape index (κ2) is 12.7. The Bertz CT molecular complexity index is 1320. The van der Waals surface area contributed by atoms with E-state index in [4.69, 9.17) is 19.9 Å². The molecule has 3 aromatic rings. The van der Waals surface area contributed by atoms with E-state index >= 15 is 0 Å². The van der Waals surface area contributed by atoms with Gasteiger partial charge in [0.15, 0.2) is 11.5 Å². The lowest BCUT2D eigenvalue weighted by molar-refractivity contribution is -0.144. The molecule has 0 aliphatic carbocycles. The molecule has 3 unspecified atom stereocenters. The summed E-state index contributed by atoms with van der Waals surface area (Å²) in [6, 6.07) is 13.5. The molecule has 3 atom stereocenters. The summed E-state index contributed by atoms with van der Waals surface area (Å²) >= 11 is 4.55. The molecule has 1 aromatic carbocycles. The van der Waals surface area contributed by atoms with Crippen LogP contribution in [0.4, 0.5) is 17.5 Å². The first-order valence-corrected chi connectivity index (χ1v) is 12.8. The zero-order valence-corrected chi connectivity index (χ0v) is 22.6. The molecular formula is C27H30N6O5S. The normalized spacial score (nSPS) is 17.8. The van der Waals surface area contributed by atoms with Gasteiger partial charge in [0.2, 0.25) is 11.8 Å². The number of anilines is 2.